The summed E-state index contributed by atoms with van der Waals surface area (Å²) < 4.78 is 10.8. The monoisotopic (exact) mass is 562 g/mol. The zero-order chi connectivity index (χ0) is 24.9. The van der Waals surface area contributed by atoms with Crippen LogP contribution < -0.4 is 10.6 Å². The predicted octanol–water partition coefficient (Wildman–Crippen LogP) is 8.62. The van der Waals surface area contributed by atoms with Gasteiger partial charge < -0.3 is 9.47 Å². The third kappa shape index (κ3) is 9.72. The quantitative estimate of drug-likeness (QED) is 0.364. The molecule has 2 N–H and O–H groups in total. The molecule has 13 heteroatoms. The van der Waals surface area contributed by atoms with Crippen LogP contribution in [0.15, 0.2) is 5.38 Å². The van der Waals surface area contributed by atoms with Gasteiger partial charge in [-0.3, -0.25) is 15.4 Å². The number of hydrogen-bond acceptors (Lipinski definition) is 7. The number of ether oxygens (including phenoxy) is 2. The van der Waals surface area contributed by atoms with E-state index >= 15 is 0 Å². The van der Waals surface area contributed by atoms with Gasteiger partial charge >= 0.3 is 12.2 Å². The highest BCUT2D eigenvalue weighted by atomic mass is 35.5. The third-order valence-electron chi connectivity index (χ3n) is 2.90. The first-order valence-corrected chi connectivity index (χ1v) is 12.1. The van der Waals surface area contributed by atoms with Crippen LogP contribution in [0.3, 0.4) is 0 Å². The molecule has 2 amide bonds. The number of aldehydes is 1. The van der Waals surface area contributed by atoms with E-state index in [0.717, 1.165) is 11.3 Å². The second-order valence-electron chi connectivity index (χ2n) is 8.04. The highest BCUT2D eigenvalue weighted by molar-refractivity contribution is 7.19. The average molecular weight is 564 g/mol. The smallest absolute Gasteiger partial charge is 0.412 e. The largest absolute Gasteiger partial charge is 0.444 e. The molecule has 0 spiro atoms. The first kappa shape index (κ1) is 28.8. The van der Waals surface area contributed by atoms with E-state index in [1.807, 2.05) is 0 Å². The molecule has 0 saturated carbocycles. The molecule has 2 heterocycles. The number of thiophene rings is 2. The van der Waals surface area contributed by atoms with E-state index < -0.39 is 23.4 Å². The molecule has 0 aliphatic heterocycles. The van der Waals surface area contributed by atoms with E-state index in [1.54, 1.807) is 46.9 Å². The van der Waals surface area contributed by atoms with E-state index in [-0.39, 0.29) is 19.9 Å². The maximum atomic E-state index is 11.5. The number of carbonyl (C=O) groups is 3. The van der Waals surface area contributed by atoms with Crippen molar-refractivity contribution in [1.29, 1.82) is 0 Å². The zero-order valence-corrected chi connectivity index (χ0v) is 22.7. The van der Waals surface area contributed by atoms with E-state index in [0.29, 0.717) is 21.3 Å². The lowest BCUT2D eigenvalue weighted by Crippen LogP contribution is -2.27. The lowest BCUT2D eigenvalue weighted by atomic mass is 10.2. The van der Waals surface area contributed by atoms with Crippen molar-refractivity contribution in [2.24, 2.45) is 0 Å². The Bertz CT molecular complexity index is 978. The topological polar surface area (TPSA) is 93.7 Å². The second kappa shape index (κ2) is 11.8. The normalized spacial score (nSPS) is 11.2. The first-order chi connectivity index (χ1) is 14.5. The highest BCUT2D eigenvalue weighted by Gasteiger charge is 2.21. The molecule has 2 aromatic rings. The fourth-order valence-electron chi connectivity index (χ4n) is 1.82. The molecule has 0 radical (unpaired) electrons. The number of carbonyl (C=O) groups excluding carboxylic acids is 3. The van der Waals surface area contributed by atoms with Crippen molar-refractivity contribution >= 4 is 98.9 Å². The van der Waals surface area contributed by atoms with Gasteiger partial charge in [-0.1, -0.05) is 46.4 Å². The Kier molecular flexibility index (Phi) is 10.6. The lowest BCUT2D eigenvalue weighted by Gasteiger charge is -2.19. The summed E-state index contributed by atoms with van der Waals surface area (Å²) in [4.78, 5) is 33.9. The minimum absolute atomic E-state index is 0.143. The standard InChI is InChI=1S/C10H11Cl2NO3S.C9H11Cl2NO2S/c1-10(2,3)16-9(15)13-7-5(4-14)17-8(12)6(7)11;1-9(2,3)14-8(13)12-5-4-15-7(11)6(5)10/h4H,1-3H3,(H,13,15);4H,1-3H3,(H,12,13). The molecule has 0 saturated heterocycles. The number of halogens is 4. The molecule has 2 rings (SSSR count). The summed E-state index contributed by atoms with van der Waals surface area (Å²) >= 11 is 25.4. The summed E-state index contributed by atoms with van der Waals surface area (Å²) in [5.41, 5.74) is -0.500. The minimum atomic E-state index is -0.683. The van der Waals surface area contributed by atoms with Crippen molar-refractivity contribution in [3.63, 3.8) is 0 Å². The SMILES string of the molecule is CC(C)(C)OC(=O)Nc1c(C=O)sc(Cl)c1Cl.CC(C)(C)OC(=O)Nc1csc(Cl)c1Cl. The number of amides is 2. The number of rotatable bonds is 3. The van der Waals surface area contributed by atoms with Crippen LogP contribution in [0, 0.1) is 0 Å². The van der Waals surface area contributed by atoms with Crippen molar-refractivity contribution in [3.05, 3.63) is 29.0 Å². The van der Waals surface area contributed by atoms with Gasteiger partial charge in [0.1, 0.15) is 19.9 Å². The Morgan fingerprint density at radius 3 is 1.78 bits per heavy atom. The van der Waals surface area contributed by atoms with Crippen LogP contribution in [0.5, 0.6) is 0 Å². The van der Waals surface area contributed by atoms with Crippen LogP contribution in [-0.2, 0) is 9.47 Å². The van der Waals surface area contributed by atoms with Gasteiger partial charge in [-0.2, -0.15) is 0 Å². The maximum Gasteiger partial charge on any atom is 0.412 e. The van der Waals surface area contributed by atoms with Gasteiger partial charge in [-0.15, -0.1) is 22.7 Å². The van der Waals surface area contributed by atoms with Gasteiger partial charge in [-0.25, -0.2) is 9.59 Å². The van der Waals surface area contributed by atoms with E-state index in [9.17, 15) is 14.4 Å². The molecule has 32 heavy (non-hydrogen) atoms. The van der Waals surface area contributed by atoms with Crippen molar-refractivity contribution in [2.75, 3.05) is 10.6 Å². The predicted molar refractivity (Wildman–Crippen MR) is 134 cm³/mol. The van der Waals surface area contributed by atoms with Crippen LogP contribution >= 0.6 is 69.1 Å². The fraction of sp³-hybridized carbons (Fsp3) is 0.421. The van der Waals surface area contributed by atoms with Gasteiger partial charge in [0.05, 0.1) is 26.3 Å². The molecule has 178 valence electrons. The van der Waals surface area contributed by atoms with Crippen LogP contribution in [0.25, 0.3) is 0 Å². The summed E-state index contributed by atoms with van der Waals surface area (Å²) in [5, 5.41) is 7.07. The maximum absolute atomic E-state index is 11.5. The molecule has 0 aliphatic carbocycles. The van der Waals surface area contributed by atoms with Crippen LogP contribution in [0.1, 0.15) is 51.2 Å². The van der Waals surface area contributed by atoms with Gasteiger partial charge in [-0.05, 0) is 41.5 Å². The van der Waals surface area contributed by atoms with Crippen LogP contribution in [0.2, 0.25) is 18.7 Å². The number of nitrogens with one attached hydrogen (secondary N) is 2. The summed E-state index contributed by atoms with van der Waals surface area (Å²) in [5.74, 6) is 0. The van der Waals surface area contributed by atoms with Crippen molar-refractivity contribution in [2.45, 2.75) is 52.7 Å². The molecule has 0 aliphatic rings. The highest BCUT2D eigenvalue weighted by Crippen LogP contribution is 2.40. The molecular weight excluding hydrogens is 542 g/mol. The van der Waals surface area contributed by atoms with Gasteiger partial charge in [0.25, 0.3) is 0 Å². The molecular formula is C19H22Cl4N2O5S2. The summed E-state index contributed by atoms with van der Waals surface area (Å²) in [6, 6.07) is 0. The fourth-order valence-corrected chi connectivity index (χ4v) is 4.32. The Labute approximate surface area is 214 Å². The molecule has 7 nitrogen and oxygen atoms in total. The Morgan fingerprint density at radius 1 is 0.875 bits per heavy atom. The van der Waals surface area contributed by atoms with E-state index in [4.69, 9.17) is 55.9 Å². The van der Waals surface area contributed by atoms with E-state index in [2.05, 4.69) is 10.6 Å². The molecule has 0 bridgehead atoms. The van der Waals surface area contributed by atoms with Gasteiger partial charge in [0, 0.05) is 5.38 Å². The Balaban J connectivity index is 0.000000323. The average Bonchev–Trinajstić information content (AvgIpc) is 3.06. The molecule has 0 atom stereocenters. The zero-order valence-electron chi connectivity index (χ0n) is 18.0. The summed E-state index contributed by atoms with van der Waals surface area (Å²) in [6.45, 7) is 10.6. The molecule has 0 fully saturated rings. The number of anilines is 2. The van der Waals surface area contributed by atoms with Gasteiger partial charge in [0.15, 0.2) is 6.29 Å². The van der Waals surface area contributed by atoms with Crippen molar-refractivity contribution in [1.82, 2.24) is 0 Å². The molecule has 2 aromatic heterocycles. The summed E-state index contributed by atoms with van der Waals surface area (Å²) in [6.07, 6.45) is -0.648. The van der Waals surface area contributed by atoms with Crippen LogP contribution in [0.4, 0.5) is 21.0 Å². The number of hydrogen-bond donors (Lipinski definition) is 2. The van der Waals surface area contributed by atoms with Crippen molar-refractivity contribution in [3.8, 4) is 0 Å². The Hall–Kier alpha value is -1.23. The van der Waals surface area contributed by atoms with E-state index in [1.165, 1.54) is 11.3 Å². The van der Waals surface area contributed by atoms with Crippen LogP contribution in [-0.4, -0.2) is 29.7 Å². The second-order valence-corrected chi connectivity index (χ2v) is 11.9. The summed E-state index contributed by atoms with van der Waals surface area (Å²) in [7, 11) is 0. The molecule has 0 unspecified atom stereocenters. The lowest BCUT2D eigenvalue weighted by molar-refractivity contribution is 0.0624. The Morgan fingerprint density at radius 2 is 1.38 bits per heavy atom. The van der Waals surface area contributed by atoms with Crippen molar-refractivity contribution < 1.29 is 23.9 Å². The minimum Gasteiger partial charge on any atom is -0.444 e. The van der Waals surface area contributed by atoms with Gasteiger partial charge in [0.2, 0.25) is 0 Å². The first-order valence-electron chi connectivity index (χ1n) is 8.89. The molecule has 0 aromatic carbocycles. The third-order valence-corrected chi connectivity index (χ3v) is 6.63.